The number of nitrogens with one attached hydrogen (secondary N) is 1. The van der Waals surface area contributed by atoms with Gasteiger partial charge in [-0.1, -0.05) is 58.5 Å². The first-order valence-corrected chi connectivity index (χ1v) is 7.28. The monoisotopic (exact) mass is 377 g/mol. The zero-order chi connectivity index (χ0) is 16.3. The van der Waals surface area contributed by atoms with Crippen molar-refractivity contribution in [2.45, 2.75) is 0 Å². The number of hydrogen-bond acceptors (Lipinski definition) is 3. The van der Waals surface area contributed by atoms with Gasteiger partial charge in [0.25, 0.3) is 0 Å². The number of hydrogen-bond donors (Lipinski definition) is 1. The van der Waals surface area contributed by atoms with Crippen molar-refractivity contribution in [3.05, 3.63) is 66.9 Å². The number of H-pyrrole nitrogens is 1. The van der Waals surface area contributed by atoms with Gasteiger partial charge < -0.3 is 4.98 Å². The van der Waals surface area contributed by atoms with Crippen molar-refractivity contribution < 1.29 is 4.92 Å². The Morgan fingerprint density at radius 2 is 1.64 bits per heavy atom. The quantitative estimate of drug-likeness (QED) is 0.331. The van der Waals surface area contributed by atoms with E-state index in [4.69, 9.17) is 46.4 Å². The number of nitrogens with zero attached hydrogens (tertiary/aromatic N) is 2. The molecule has 0 aliphatic heterocycles. The molecule has 3 rings (SSSR count). The van der Waals surface area contributed by atoms with Crippen LogP contribution in [0.4, 0.5) is 5.69 Å². The third-order valence-corrected chi connectivity index (χ3v) is 4.15. The third kappa shape index (κ3) is 3.62. The van der Waals surface area contributed by atoms with E-state index < -0.39 is 10.6 Å². The second-order valence-electron chi connectivity index (χ2n) is 3.99. The highest BCUT2D eigenvalue weighted by Gasteiger charge is 2.23. The van der Waals surface area contributed by atoms with Gasteiger partial charge in [-0.05, 0) is 18.2 Å². The molecule has 0 amide bonds. The van der Waals surface area contributed by atoms with Crippen molar-refractivity contribution in [1.82, 2.24) is 9.97 Å². The van der Waals surface area contributed by atoms with Gasteiger partial charge in [-0.15, -0.1) is 0 Å². The molecule has 0 bridgehead atoms. The summed E-state index contributed by atoms with van der Waals surface area (Å²) >= 11 is 22.2. The van der Waals surface area contributed by atoms with E-state index in [0.717, 1.165) is 11.0 Å². The molecule has 22 heavy (non-hydrogen) atoms. The first kappa shape index (κ1) is 16.8. The van der Waals surface area contributed by atoms with Crippen molar-refractivity contribution in [3.8, 4) is 0 Å². The van der Waals surface area contributed by atoms with E-state index >= 15 is 0 Å². The second kappa shape index (κ2) is 7.15. The zero-order valence-corrected chi connectivity index (χ0v) is 13.7. The molecule has 0 saturated carbocycles. The fraction of sp³-hybridized carbons (Fsp3) is 0. The van der Waals surface area contributed by atoms with Crippen LogP contribution in [0.3, 0.4) is 0 Å². The maximum atomic E-state index is 10.5. The summed E-state index contributed by atoms with van der Waals surface area (Å²) in [5.41, 5.74) is 1.65. The van der Waals surface area contributed by atoms with E-state index in [0.29, 0.717) is 0 Å². The Bertz CT molecular complexity index is 779. The predicted octanol–water partition coefficient (Wildman–Crippen LogP) is 5.77. The lowest BCUT2D eigenvalue weighted by molar-refractivity contribution is -0.384. The van der Waals surface area contributed by atoms with E-state index in [2.05, 4.69) is 9.97 Å². The number of nitro benzene ring substituents is 1. The summed E-state index contributed by atoms with van der Waals surface area (Å²) in [4.78, 5) is 16.8. The molecule has 0 unspecified atom stereocenters. The number of fused-ring (bicyclic) bond motifs is 1. The summed E-state index contributed by atoms with van der Waals surface area (Å²) in [5, 5.41) is 10.1. The standard InChI is InChI=1S/C7H6N2.C6HCl4NO2/c1-2-4-7-6(3-1)8-5-9-7;7-2-1-3(8)5(10)6(4(2)9)11(12)13/h1-5H,(H,8,9);1H. The summed E-state index contributed by atoms with van der Waals surface area (Å²) in [6, 6.07) is 9.19. The minimum Gasteiger partial charge on any atom is -0.345 e. The minimum atomic E-state index is -0.734. The molecule has 114 valence electrons. The molecule has 0 radical (unpaired) electrons. The summed E-state index contributed by atoms with van der Waals surface area (Å²) < 4.78 is 0. The number of benzene rings is 2. The van der Waals surface area contributed by atoms with Gasteiger partial charge >= 0.3 is 5.69 Å². The SMILES string of the molecule is O=[N+]([O-])c1c(Cl)c(Cl)cc(Cl)c1Cl.c1ccc2[nH]cnc2c1. The minimum absolute atomic E-state index is 0.00256. The molecular formula is C13H7Cl4N3O2. The molecule has 1 aromatic heterocycles. The van der Waals surface area contributed by atoms with Gasteiger partial charge in [0.1, 0.15) is 10.0 Å². The van der Waals surface area contributed by atoms with E-state index in [9.17, 15) is 10.1 Å². The van der Waals surface area contributed by atoms with Crippen LogP contribution in [0.5, 0.6) is 0 Å². The number of aromatic amines is 1. The number of para-hydroxylation sites is 2. The summed E-state index contributed by atoms with van der Waals surface area (Å²) in [5.74, 6) is 0. The summed E-state index contributed by atoms with van der Waals surface area (Å²) in [7, 11) is 0. The number of imidazole rings is 1. The van der Waals surface area contributed by atoms with Crippen LogP contribution in [0, 0.1) is 10.1 Å². The van der Waals surface area contributed by atoms with Crippen LogP contribution in [0.1, 0.15) is 0 Å². The van der Waals surface area contributed by atoms with Crippen molar-refractivity contribution in [3.63, 3.8) is 0 Å². The average molecular weight is 379 g/mol. The van der Waals surface area contributed by atoms with Crippen LogP contribution in [0.15, 0.2) is 36.7 Å². The maximum Gasteiger partial charge on any atom is 0.309 e. The molecule has 0 atom stereocenters. The molecule has 1 N–H and O–H groups in total. The first-order chi connectivity index (χ1) is 10.4. The largest absolute Gasteiger partial charge is 0.345 e. The molecule has 1 heterocycles. The number of halogens is 4. The lowest BCUT2D eigenvalue weighted by Gasteiger charge is -2.01. The Kier molecular flexibility index (Phi) is 5.47. The van der Waals surface area contributed by atoms with Gasteiger partial charge in [0.05, 0.1) is 32.3 Å². The molecule has 5 nitrogen and oxygen atoms in total. The molecule has 0 spiro atoms. The highest BCUT2D eigenvalue weighted by molar-refractivity contribution is 6.49. The second-order valence-corrected chi connectivity index (χ2v) is 5.56. The van der Waals surface area contributed by atoms with Gasteiger partial charge in [-0.25, -0.2) is 4.98 Å². The van der Waals surface area contributed by atoms with Crippen LogP contribution in [-0.4, -0.2) is 14.9 Å². The van der Waals surface area contributed by atoms with E-state index in [-0.39, 0.29) is 20.1 Å². The number of rotatable bonds is 1. The van der Waals surface area contributed by atoms with Crippen LogP contribution < -0.4 is 0 Å². The summed E-state index contributed by atoms with van der Waals surface area (Å²) in [6.07, 6.45) is 1.70. The van der Waals surface area contributed by atoms with Crippen molar-refractivity contribution >= 4 is 63.1 Å². The van der Waals surface area contributed by atoms with Crippen LogP contribution in [0.2, 0.25) is 20.1 Å². The first-order valence-electron chi connectivity index (χ1n) is 5.77. The molecule has 0 aliphatic rings. The zero-order valence-electron chi connectivity index (χ0n) is 10.7. The molecule has 0 fully saturated rings. The average Bonchev–Trinajstić information content (AvgIpc) is 2.94. The molecular weight excluding hydrogens is 372 g/mol. The van der Waals surface area contributed by atoms with E-state index in [1.165, 1.54) is 6.07 Å². The summed E-state index contributed by atoms with van der Waals surface area (Å²) in [6.45, 7) is 0. The van der Waals surface area contributed by atoms with Crippen molar-refractivity contribution in [2.75, 3.05) is 0 Å². The highest BCUT2D eigenvalue weighted by Crippen LogP contribution is 2.42. The maximum absolute atomic E-state index is 10.5. The van der Waals surface area contributed by atoms with Crippen molar-refractivity contribution in [1.29, 1.82) is 0 Å². The smallest absolute Gasteiger partial charge is 0.309 e. The van der Waals surface area contributed by atoms with Gasteiger partial charge in [0.2, 0.25) is 0 Å². The van der Waals surface area contributed by atoms with Crippen LogP contribution in [-0.2, 0) is 0 Å². The Balaban J connectivity index is 0.000000170. The van der Waals surface area contributed by atoms with Gasteiger partial charge in [0, 0.05) is 0 Å². The van der Waals surface area contributed by atoms with Gasteiger partial charge in [-0.2, -0.15) is 0 Å². The highest BCUT2D eigenvalue weighted by atomic mass is 35.5. The Labute approximate surface area is 144 Å². The lowest BCUT2D eigenvalue weighted by Crippen LogP contribution is -1.91. The van der Waals surface area contributed by atoms with E-state index in [1.54, 1.807) is 6.33 Å². The molecule has 3 aromatic rings. The molecule has 9 heteroatoms. The Morgan fingerprint density at radius 3 is 2.18 bits per heavy atom. The molecule has 0 aliphatic carbocycles. The van der Waals surface area contributed by atoms with Crippen LogP contribution in [0.25, 0.3) is 11.0 Å². The topological polar surface area (TPSA) is 71.8 Å². The Hall–Kier alpha value is -1.53. The normalized spacial score (nSPS) is 10.2. The lowest BCUT2D eigenvalue weighted by atomic mass is 10.3. The Morgan fingerprint density at radius 1 is 1.05 bits per heavy atom. The predicted molar refractivity (Wildman–Crippen MR) is 89.2 cm³/mol. The third-order valence-electron chi connectivity index (χ3n) is 2.60. The molecule has 2 aromatic carbocycles. The van der Waals surface area contributed by atoms with Gasteiger partial charge in [-0.3, -0.25) is 10.1 Å². The fourth-order valence-corrected chi connectivity index (χ4v) is 2.54. The van der Waals surface area contributed by atoms with E-state index in [1.807, 2.05) is 24.3 Å². The number of aromatic nitrogens is 2. The number of nitro groups is 1. The van der Waals surface area contributed by atoms with Gasteiger partial charge in [0.15, 0.2) is 0 Å². The fourth-order valence-electron chi connectivity index (χ4n) is 1.60. The van der Waals surface area contributed by atoms with Crippen molar-refractivity contribution in [2.24, 2.45) is 0 Å². The van der Waals surface area contributed by atoms with Crippen LogP contribution >= 0.6 is 46.4 Å². The molecule has 0 saturated heterocycles.